The Labute approximate surface area is 219 Å². The maximum absolute atomic E-state index is 15.3. The Morgan fingerprint density at radius 2 is 1.84 bits per heavy atom. The number of nitrogens with one attached hydrogen (secondary N) is 3. The van der Waals surface area contributed by atoms with E-state index in [2.05, 4.69) is 10.0 Å². The number of halogens is 1. The molecule has 204 valence electrons. The van der Waals surface area contributed by atoms with Crippen LogP contribution in [0.1, 0.15) is 30.5 Å². The average Bonchev–Trinajstić information content (AvgIpc) is 2.85. The second kappa shape index (κ2) is 11.6. The highest BCUT2D eigenvalue weighted by Crippen LogP contribution is 2.28. The molecule has 0 aliphatic carbocycles. The van der Waals surface area contributed by atoms with Gasteiger partial charge in [-0.25, -0.2) is 18.7 Å². The van der Waals surface area contributed by atoms with Crippen LogP contribution in [0.3, 0.4) is 0 Å². The molecule has 0 aliphatic heterocycles. The van der Waals surface area contributed by atoms with Crippen molar-refractivity contribution in [1.82, 2.24) is 14.9 Å². The summed E-state index contributed by atoms with van der Waals surface area (Å²) >= 11 is 0. The van der Waals surface area contributed by atoms with Crippen molar-refractivity contribution in [2.24, 2.45) is 5.92 Å². The number of nitrogens with zero attached hydrogens (tertiary/aromatic N) is 1. The van der Waals surface area contributed by atoms with Crippen molar-refractivity contribution in [2.45, 2.75) is 26.8 Å². The molecule has 2 aromatic carbocycles. The first kappa shape index (κ1) is 28.6. The van der Waals surface area contributed by atoms with Gasteiger partial charge < -0.3 is 19.4 Å². The molecule has 0 unspecified atom stereocenters. The summed E-state index contributed by atoms with van der Waals surface area (Å²) in [7, 11) is 0.229. The van der Waals surface area contributed by atoms with E-state index in [1.54, 1.807) is 19.9 Å². The zero-order valence-electron chi connectivity index (χ0n) is 21.5. The van der Waals surface area contributed by atoms with Crippen molar-refractivity contribution >= 4 is 38.9 Å². The van der Waals surface area contributed by atoms with Gasteiger partial charge in [-0.1, -0.05) is 26.0 Å². The van der Waals surface area contributed by atoms with Crippen LogP contribution in [-0.4, -0.2) is 46.5 Å². The Bertz CT molecular complexity index is 1530. The van der Waals surface area contributed by atoms with Gasteiger partial charge in [0.15, 0.2) is 5.82 Å². The van der Waals surface area contributed by atoms with E-state index >= 15 is 4.39 Å². The second-order valence-corrected chi connectivity index (χ2v) is 10.5. The Hall–Kier alpha value is -3.97. The summed E-state index contributed by atoms with van der Waals surface area (Å²) in [6.45, 7) is 3.37. The van der Waals surface area contributed by atoms with Crippen molar-refractivity contribution in [2.75, 3.05) is 25.9 Å². The monoisotopic (exact) mass is 548 g/mol. The molecule has 3 rings (SSSR count). The molecule has 0 saturated heterocycles. The van der Waals surface area contributed by atoms with E-state index in [1.165, 1.54) is 56.4 Å². The first-order valence-corrected chi connectivity index (χ1v) is 13.1. The molecular formula is C25H29FN4O7S. The highest BCUT2D eigenvalue weighted by atomic mass is 32.2. The van der Waals surface area contributed by atoms with Gasteiger partial charge in [-0.2, -0.15) is 8.42 Å². The van der Waals surface area contributed by atoms with Crippen molar-refractivity contribution in [3.8, 4) is 5.75 Å². The zero-order valence-corrected chi connectivity index (χ0v) is 22.4. The summed E-state index contributed by atoms with van der Waals surface area (Å²) in [5.74, 6) is -1.31. The van der Waals surface area contributed by atoms with E-state index in [0.29, 0.717) is 10.9 Å². The van der Waals surface area contributed by atoms with Gasteiger partial charge in [0.25, 0.3) is 10.2 Å². The number of benzene rings is 2. The smallest absolute Gasteiger partial charge is 0.414 e. The molecule has 3 aromatic rings. The lowest BCUT2D eigenvalue weighted by atomic mass is 9.97. The maximum Gasteiger partial charge on any atom is 0.414 e. The molecule has 0 aliphatic rings. The van der Waals surface area contributed by atoms with Crippen LogP contribution < -0.4 is 25.1 Å². The Morgan fingerprint density at radius 1 is 1.13 bits per heavy atom. The van der Waals surface area contributed by atoms with Gasteiger partial charge in [0.1, 0.15) is 11.3 Å². The van der Waals surface area contributed by atoms with Gasteiger partial charge in [0.05, 0.1) is 5.69 Å². The van der Waals surface area contributed by atoms with Crippen LogP contribution in [-0.2, 0) is 28.0 Å². The number of anilines is 1. The number of hydrogen-bond donors (Lipinski definition) is 3. The van der Waals surface area contributed by atoms with Crippen LogP contribution in [0.5, 0.6) is 5.75 Å². The van der Waals surface area contributed by atoms with Gasteiger partial charge in [0.2, 0.25) is 5.91 Å². The first-order valence-electron chi connectivity index (χ1n) is 11.6. The summed E-state index contributed by atoms with van der Waals surface area (Å²) < 4.78 is 53.8. The van der Waals surface area contributed by atoms with Crippen molar-refractivity contribution in [3.05, 3.63) is 69.3 Å². The van der Waals surface area contributed by atoms with Gasteiger partial charge in [-0.15, -0.1) is 0 Å². The fraction of sp³-hybridized carbons (Fsp3) is 0.320. The minimum Gasteiger partial charge on any atom is -0.422 e. The maximum atomic E-state index is 15.3. The number of rotatable bonds is 9. The average molecular weight is 549 g/mol. The van der Waals surface area contributed by atoms with E-state index in [0.717, 1.165) is 0 Å². The van der Waals surface area contributed by atoms with Gasteiger partial charge in [-0.05, 0) is 29.3 Å². The van der Waals surface area contributed by atoms with Crippen LogP contribution in [0.25, 0.3) is 11.0 Å². The fourth-order valence-corrected chi connectivity index (χ4v) is 4.03. The van der Waals surface area contributed by atoms with Gasteiger partial charge >= 0.3 is 11.7 Å². The van der Waals surface area contributed by atoms with E-state index in [4.69, 9.17) is 9.15 Å². The predicted octanol–water partition coefficient (Wildman–Crippen LogP) is 2.73. The molecule has 0 bridgehead atoms. The molecule has 0 saturated carbocycles. The van der Waals surface area contributed by atoms with Crippen LogP contribution in [0, 0.1) is 11.7 Å². The highest BCUT2D eigenvalue weighted by molar-refractivity contribution is 7.90. The number of amides is 2. The number of hydrogen-bond acceptors (Lipinski definition) is 7. The lowest BCUT2D eigenvalue weighted by molar-refractivity contribution is -0.124. The van der Waals surface area contributed by atoms with Gasteiger partial charge in [0, 0.05) is 57.0 Å². The van der Waals surface area contributed by atoms with E-state index < -0.39 is 27.7 Å². The lowest BCUT2D eigenvalue weighted by Crippen LogP contribution is -2.29. The Kier molecular flexibility index (Phi) is 8.74. The lowest BCUT2D eigenvalue weighted by Gasteiger charge is -2.16. The van der Waals surface area contributed by atoms with Crippen LogP contribution in [0.15, 0.2) is 45.6 Å². The molecule has 0 spiro atoms. The topological polar surface area (TPSA) is 147 Å². The Balaban J connectivity index is 2.11. The van der Waals surface area contributed by atoms with E-state index in [-0.39, 0.29) is 52.9 Å². The van der Waals surface area contributed by atoms with Crippen molar-refractivity contribution in [1.29, 1.82) is 0 Å². The second-order valence-electron chi connectivity index (χ2n) is 8.90. The van der Waals surface area contributed by atoms with Crippen molar-refractivity contribution in [3.63, 3.8) is 0 Å². The third kappa shape index (κ3) is 6.66. The number of carbonyl (C=O) groups excluding carboxylic acids is 2. The number of carbonyl (C=O) groups is 2. The van der Waals surface area contributed by atoms with Crippen LogP contribution in [0.4, 0.5) is 14.9 Å². The molecule has 2 amide bonds. The fourth-order valence-electron chi connectivity index (χ4n) is 3.48. The molecular weight excluding hydrogens is 519 g/mol. The number of fused-ring (bicyclic) bond motifs is 1. The van der Waals surface area contributed by atoms with Gasteiger partial charge in [-0.3, -0.25) is 9.52 Å². The molecule has 3 N–H and O–H groups in total. The molecule has 1 aromatic heterocycles. The summed E-state index contributed by atoms with van der Waals surface area (Å²) in [5, 5.41) is 3.21. The largest absolute Gasteiger partial charge is 0.422 e. The summed E-state index contributed by atoms with van der Waals surface area (Å²) in [6, 6.07) is 8.57. The summed E-state index contributed by atoms with van der Waals surface area (Å²) in [4.78, 5) is 38.6. The third-order valence-electron chi connectivity index (χ3n) is 5.58. The zero-order chi connectivity index (χ0) is 28.2. The molecule has 0 fully saturated rings. The van der Waals surface area contributed by atoms with E-state index in [1.807, 2.05) is 4.72 Å². The SMILES string of the molecule is CNS(=O)(=O)Nc1cccc(Cc2c(CNC(=O)C(C)C)c3ccc(OC(=O)N(C)C)cc3oc2=O)c1F. The molecule has 1 heterocycles. The predicted molar refractivity (Wildman–Crippen MR) is 140 cm³/mol. The summed E-state index contributed by atoms with van der Waals surface area (Å²) in [5.41, 5.74) is -0.496. The van der Waals surface area contributed by atoms with Crippen LogP contribution >= 0.6 is 0 Å². The van der Waals surface area contributed by atoms with Crippen molar-refractivity contribution < 1.29 is 31.6 Å². The molecule has 38 heavy (non-hydrogen) atoms. The normalized spacial score (nSPS) is 11.4. The quantitative estimate of drug-likeness (QED) is 0.348. The molecule has 11 nitrogen and oxygen atoms in total. The molecule has 0 atom stereocenters. The highest BCUT2D eigenvalue weighted by Gasteiger charge is 2.21. The molecule has 0 radical (unpaired) electrons. The number of ether oxygens (including phenoxy) is 1. The van der Waals surface area contributed by atoms with Crippen LogP contribution in [0.2, 0.25) is 0 Å². The summed E-state index contributed by atoms with van der Waals surface area (Å²) in [6.07, 6.45) is -0.874. The minimum absolute atomic E-state index is 0.0286. The standard InChI is InChI=1S/C25H29FN4O7S/c1-14(2)23(31)28-13-19-17-10-9-16(36-25(33)30(4)5)12-21(17)37-24(32)18(19)11-15-7-6-8-20(22(15)26)29-38(34,35)27-3/h6-10,12,14,27,29H,11,13H2,1-5H3,(H,28,31). The first-order chi connectivity index (χ1) is 17.8. The molecule has 13 heteroatoms. The Morgan fingerprint density at radius 3 is 2.47 bits per heavy atom. The van der Waals surface area contributed by atoms with E-state index in [9.17, 15) is 22.8 Å². The third-order valence-corrected chi connectivity index (χ3v) is 6.61. The minimum atomic E-state index is -3.98.